The Kier molecular flexibility index (Phi) is 5.75. The molecule has 2 N–H and O–H groups in total. The van der Waals surface area contributed by atoms with Gasteiger partial charge in [0.15, 0.2) is 0 Å². The Morgan fingerprint density at radius 1 is 1.00 bits per heavy atom. The van der Waals surface area contributed by atoms with Gasteiger partial charge in [0, 0.05) is 23.7 Å². The van der Waals surface area contributed by atoms with Gasteiger partial charge < -0.3 is 10.2 Å². The molecule has 2 atom stereocenters. The highest BCUT2D eigenvalue weighted by molar-refractivity contribution is 5.16. The zero-order chi connectivity index (χ0) is 18.1. The van der Waals surface area contributed by atoms with E-state index in [1.807, 2.05) is 4.90 Å². The van der Waals surface area contributed by atoms with E-state index in [9.17, 15) is 10.2 Å². The van der Waals surface area contributed by atoms with Crippen LogP contribution in [0.1, 0.15) is 59.9 Å². The van der Waals surface area contributed by atoms with E-state index in [-0.39, 0.29) is 17.1 Å². The molecule has 0 spiro atoms. The number of aliphatic hydroxyl groups excluding tert-OH is 2. The molecule has 1 aromatic rings. The average Bonchev–Trinajstić information content (AvgIpc) is 2.42. The van der Waals surface area contributed by atoms with Crippen molar-refractivity contribution in [1.29, 1.82) is 0 Å². The van der Waals surface area contributed by atoms with Crippen LogP contribution in [0.2, 0.25) is 0 Å². The van der Waals surface area contributed by atoms with Crippen LogP contribution in [0, 0.1) is 0 Å². The van der Waals surface area contributed by atoms with Crippen molar-refractivity contribution in [1.82, 2.24) is 9.80 Å². The fourth-order valence-corrected chi connectivity index (χ4v) is 4.59. The van der Waals surface area contributed by atoms with Gasteiger partial charge in [0.25, 0.3) is 0 Å². The second-order valence-electron chi connectivity index (χ2n) is 8.47. The van der Waals surface area contributed by atoms with Crippen LogP contribution in [0.4, 0.5) is 0 Å². The third-order valence-electron chi connectivity index (χ3n) is 5.40. The van der Waals surface area contributed by atoms with Gasteiger partial charge in [0.05, 0.1) is 0 Å². The quantitative estimate of drug-likeness (QED) is 0.812. The molecule has 1 aromatic carbocycles. The van der Waals surface area contributed by atoms with E-state index in [1.165, 1.54) is 5.56 Å². The Hall–Kier alpha value is -0.940. The lowest BCUT2D eigenvalue weighted by Gasteiger charge is -2.57. The first kappa shape index (κ1) is 19.4. The van der Waals surface area contributed by atoms with Crippen LogP contribution >= 0.6 is 0 Å². The van der Waals surface area contributed by atoms with Crippen molar-refractivity contribution in [2.45, 2.75) is 90.5 Å². The Balaban J connectivity index is 2.25. The lowest BCUT2D eigenvalue weighted by atomic mass is 9.76. The average molecular weight is 335 g/mol. The molecule has 4 nitrogen and oxygen atoms in total. The first-order chi connectivity index (χ1) is 11.0. The van der Waals surface area contributed by atoms with E-state index in [0.29, 0.717) is 0 Å². The van der Waals surface area contributed by atoms with Crippen LogP contribution in [0.5, 0.6) is 0 Å². The molecule has 0 saturated carbocycles. The van der Waals surface area contributed by atoms with Gasteiger partial charge in [-0.2, -0.15) is 0 Å². The Morgan fingerprint density at radius 2 is 1.46 bits per heavy atom. The summed E-state index contributed by atoms with van der Waals surface area (Å²) in [5, 5.41) is 20.3. The van der Waals surface area contributed by atoms with Crippen LogP contribution in [-0.4, -0.2) is 49.6 Å². The lowest BCUT2D eigenvalue weighted by Crippen LogP contribution is -2.65. The number of benzene rings is 1. The molecular weight excluding hydrogens is 300 g/mol. The molecule has 2 unspecified atom stereocenters. The summed E-state index contributed by atoms with van der Waals surface area (Å²) in [7, 11) is 0. The summed E-state index contributed by atoms with van der Waals surface area (Å²) in [6.07, 6.45) is 0.530. The molecule has 0 aliphatic carbocycles. The molecule has 1 heterocycles. The largest absolute Gasteiger partial charge is 0.379 e. The lowest BCUT2D eigenvalue weighted by molar-refractivity contribution is -0.153. The molecule has 0 aromatic heterocycles. The Morgan fingerprint density at radius 3 is 1.88 bits per heavy atom. The fraction of sp³-hybridized carbons (Fsp3) is 0.700. The van der Waals surface area contributed by atoms with Gasteiger partial charge in [-0.3, -0.25) is 9.80 Å². The smallest absolute Gasteiger partial charge is 0.106 e. The van der Waals surface area contributed by atoms with Gasteiger partial charge in [-0.1, -0.05) is 30.3 Å². The molecule has 0 bridgehead atoms. The van der Waals surface area contributed by atoms with Crippen LogP contribution in [-0.2, 0) is 6.54 Å². The number of hydrogen-bond donors (Lipinski definition) is 2. The van der Waals surface area contributed by atoms with Crippen LogP contribution < -0.4 is 0 Å². The van der Waals surface area contributed by atoms with Crippen LogP contribution in [0.3, 0.4) is 0 Å². The highest BCUT2D eigenvalue weighted by Gasteiger charge is 2.47. The molecule has 136 valence electrons. The van der Waals surface area contributed by atoms with Gasteiger partial charge in [0.1, 0.15) is 12.5 Å². The zero-order valence-corrected chi connectivity index (χ0v) is 16.0. The van der Waals surface area contributed by atoms with Crippen molar-refractivity contribution in [2.75, 3.05) is 0 Å². The minimum absolute atomic E-state index is 0.0235. The minimum atomic E-state index is -0.651. The normalized spacial score (nSPS) is 24.0. The second-order valence-corrected chi connectivity index (χ2v) is 8.47. The summed E-state index contributed by atoms with van der Waals surface area (Å²) in [4.78, 5) is 4.40. The summed E-state index contributed by atoms with van der Waals surface area (Å²) in [6.45, 7) is 13.5. The van der Waals surface area contributed by atoms with Crippen molar-refractivity contribution >= 4 is 0 Å². The highest BCUT2D eigenvalue weighted by atomic mass is 16.3. The van der Waals surface area contributed by atoms with Crippen molar-refractivity contribution in [3.05, 3.63) is 35.9 Å². The third-order valence-corrected chi connectivity index (χ3v) is 5.40. The van der Waals surface area contributed by atoms with Crippen LogP contribution in [0.25, 0.3) is 0 Å². The summed E-state index contributed by atoms with van der Waals surface area (Å²) in [5.74, 6) is 0. The zero-order valence-electron chi connectivity index (χ0n) is 16.0. The van der Waals surface area contributed by atoms with E-state index in [0.717, 1.165) is 19.4 Å². The SMILES string of the molecule is CC(O)N(C(C)O)C1CC(C)(C)N(Cc2ccccc2)C(C)(C)C1. The molecule has 0 radical (unpaired) electrons. The fourth-order valence-electron chi connectivity index (χ4n) is 4.59. The minimum Gasteiger partial charge on any atom is -0.379 e. The molecule has 1 fully saturated rings. The summed E-state index contributed by atoms with van der Waals surface area (Å²) < 4.78 is 0. The Bertz CT molecular complexity index is 500. The summed E-state index contributed by atoms with van der Waals surface area (Å²) in [6, 6.07) is 10.7. The number of aliphatic hydroxyl groups is 2. The maximum absolute atomic E-state index is 10.1. The van der Waals surface area contributed by atoms with E-state index in [2.05, 4.69) is 62.9 Å². The standard InChI is InChI=1S/C20H34N2O2/c1-15(23)22(16(2)24)18-12-19(3,4)21(20(5,6)13-18)14-17-10-8-7-9-11-17/h7-11,15-16,18,23-24H,12-14H2,1-6H3. The maximum atomic E-state index is 10.1. The number of hydrogen-bond acceptors (Lipinski definition) is 4. The van der Waals surface area contributed by atoms with Crippen molar-refractivity contribution < 1.29 is 10.2 Å². The molecule has 2 rings (SSSR count). The van der Waals surface area contributed by atoms with Gasteiger partial charge in [0.2, 0.25) is 0 Å². The van der Waals surface area contributed by atoms with Gasteiger partial charge >= 0.3 is 0 Å². The molecule has 4 heteroatoms. The number of piperidine rings is 1. The van der Waals surface area contributed by atoms with Crippen molar-refractivity contribution in [3.8, 4) is 0 Å². The van der Waals surface area contributed by atoms with Gasteiger partial charge in [-0.05, 0) is 59.9 Å². The van der Waals surface area contributed by atoms with Crippen LogP contribution in [0.15, 0.2) is 30.3 Å². The van der Waals surface area contributed by atoms with Gasteiger partial charge in [-0.15, -0.1) is 0 Å². The molecule has 24 heavy (non-hydrogen) atoms. The molecule has 1 aliphatic rings. The third kappa shape index (κ3) is 4.17. The van der Waals surface area contributed by atoms with E-state index in [1.54, 1.807) is 13.8 Å². The molecule has 0 amide bonds. The number of nitrogens with zero attached hydrogens (tertiary/aromatic N) is 2. The predicted octanol–water partition coefficient (Wildman–Crippen LogP) is 3.19. The molecule has 1 saturated heterocycles. The number of likely N-dealkylation sites (tertiary alicyclic amines) is 1. The van der Waals surface area contributed by atoms with Crippen molar-refractivity contribution in [3.63, 3.8) is 0 Å². The molecule has 1 aliphatic heterocycles. The first-order valence-corrected chi connectivity index (χ1v) is 9.00. The second kappa shape index (κ2) is 7.12. The topological polar surface area (TPSA) is 46.9 Å². The number of rotatable bonds is 5. The molecular formula is C20H34N2O2. The van der Waals surface area contributed by atoms with E-state index < -0.39 is 12.5 Å². The van der Waals surface area contributed by atoms with E-state index >= 15 is 0 Å². The Labute approximate surface area is 147 Å². The first-order valence-electron chi connectivity index (χ1n) is 9.00. The van der Waals surface area contributed by atoms with Crippen molar-refractivity contribution in [2.24, 2.45) is 0 Å². The summed E-state index contributed by atoms with van der Waals surface area (Å²) >= 11 is 0. The van der Waals surface area contributed by atoms with E-state index in [4.69, 9.17) is 0 Å². The monoisotopic (exact) mass is 334 g/mol. The predicted molar refractivity (Wildman–Crippen MR) is 98.4 cm³/mol. The van der Waals surface area contributed by atoms with Gasteiger partial charge in [-0.25, -0.2) is 0 Å². The summed E-state index contributed by atoms with van der Waals surface area (Å²) in [5.41, 5.74) is 1.27. The highest BCUT2D eigenvalue weighted by Crippen LogP contribution is 2.41. The maximum Gasteiger partial charge on any atom is 0.106 e.